The van der Waals surface area contributed by atoms with Crippen molar-refractivity contribution in [2.24, 2.45) is 0 Å². The van der Waals surface area contributed by atoms with Crippen LogP contribution in [0.1, 0.15) is 23.0 Å². The highest BCUT2D eigenvalue weighted by Gasteiger charge is 2.15. The van der Waals surface area contributed by atoms with Crippen LogP contribution in [-0.4, -0.2) is 5.11 Å². The summed E-state index contributed by atoms with van der Waals surface area (Å²) in [7, 11) is 0. The summed E-state index contributed by atoms with van der Waals surface area (Å²) >= 11 is 0. The first-order valence-electron chi connectivity index (χ1n) is 6.07. The molecule has 0 amide bonds. The van der Waals surface area contributed by atoms with Gasteiger partial charge in [0.2, 0.25) is 0 Å². The van der Waals surface area contributed by atoms with Crippen molar-refractivity contribution in [2.45, 2.75) is 13.0 Å². The summed E-state index contributed by atoms with van der Waals surface area (Å²) in [5, 5.41) is 11.0. The Morgan fingerprint density at radius 1 is 1.11 bits per heavy atom. The fourth-order valence-corrected chi connectivity index (χ4v) is 2.17. The van der Waals surface area contributed by atoms with E-state index in [2.05, 4.69) is 0 Å². The summed E-state index contributed by atoms with van der Waals surface area (Å²) < 4.78 is 18.7. The second kappa shape index (κ2) is 4.52. The van der Waals surface area contributed by atoms with E-state index >= 15 is 0 Å². The fraction of sp³-hybridized carbons (Fsp3) is 0.125. The van der Waals surface area contributed by atoms with Gasteiger partial charge in [-0.15, -0.1) is 0 Å². The maximum Gasteiger partial charge on any atom is 0.138 e. The molecule has 2 aromatic carbocycles. The second-order valence-electron chi connectivity index (χ2n) is 4.65. The molecule has 1 N–H and O–H groups in total. The quantitative estimate of drug-likeness (QED) is 0.752. The topological polar surface area (TPSA) is 33.4 Å². The lowest BCUT2D eigenvalue weighted by atomic mass is 10.0. The average molecular weight is 256 g/mol. The zero-order chi connectivity index (χ0) is 13.4. The SMILES string of the molecule is Cc1cccc(C(O)c2cc3cc(F)ccc3o2)c1. The van der Waals surface area contributed by atoms with Gasteiger partial charge in [-0.25, -0.2) is 4.39 Å². The van der Waals surface area contributed by atoms with E-state index in [0.717, 1.165) is 11.1 Å². The molecule has 3 heteroatoms. The minimum absolute atomic E-state index is 0.315. The second-order valence-corrected chi connectivity index (χ2v) is 4.65. The number of rotatable bonds is 2. The summed E-state index contributed by atoms with van der Waals surface area (Å²) in [5.74, 6) is 0.107. The zero-order valence-corrected chi connectivity index (χ0v) is 10.4. The largest absolute Gasteiger partial charge is 0.458 e. The van der Waals surface area contributed by atoms with E-state index in [0.29, 0.717) is 16.7 Å². The van der Waals surface area contributed by atoms with E-state index in [1.54, 1.807) is 12.1 Å². The Kier molecular flexibility index (Phi) is 2.84. The Hall–Kier alpha value is -2.13. The van der Waals surface area contributed by atoms with Crippen LogP contribution in [0.4, 0.5) is 4.39 Å². The van der Waals surface area contributed by atoms with Gasteiger partial charge >= 0.3 is 0 Å². The number of aryl methyl sites for hydroxylation is 1. The van der Waals surface area contributed by atoms with Gasteiger partial charge in [0.25, 0.3) is 0 Å². The van der Waals surface area contributed by atoms with Gasteiger partial charge in [0.05, 0.1) is 0 Å². The van der Waals surface area contributed by atoms with Crippen molar-refractivity contribution >= 4 is 11.0 Å². The monoisotopic (exact) mass is 256 g/mol. The molecule has 1 unspecified atom stereocenters. The van der Waals surface area contributed by atoms with Crippen LogP contribution in [0.2, 0.25) is 0 Å². The number of furan rings is 1. The molecule has 1 atom stereocenters. The molecular formula is C16H13FO2. The number of hydrogen-bond acceptors (Lipinski definition) is 2. The molecule has 0 saturated carbocycles. The predicted octanol–water partition coefficient (Wildman–Crippen LogP) is 3.96. The Morgan fingerprint density at radius 2 is 1.95 bits per heavy atom. The van der Waals surface area contributed by atoms with E-state index in [1.165, 1.54) is 12.1 Å². The van der Waals surface area contributed by atoms with Gasteiger partial charge in [-0.1, -0.05) is 29.8 Å². The molecule has 0 saturated heterocycles. The van der Waals surface area contributed by atoms with Crippen LogP contribution in [0.25, 0.3) is 11.0 Å². The molecule has 96 valence electrons. The molecule has 1 heterocycles. The van der Waals surface area contributed by atoms with E-state index in [4.69, 9.17) is 4.42 Å². The minimum atomic E-state index is -0.838. The number of aliphatic hydroxyl groups is 1. The first kappa shape index (κ1) is 11.9. The van der Waals surface area contributed by atoms with Gasteiger partial charge in [0.1, 0.15) is 23.3 Å². The van der Waals surface area contributed by atoms with Crippen LogP contribution in [0.15, 0.2) is 52.9 Å². The van der Waals surface area contributed by atoms with Gasteiger partial charge in [-0.2, -0.15) is 0 Å². The first-order valence-corrected chi connectivity index (χ1v) is 6.07. The molecule has 0 fully saturated rings. The number of aliphatic hydroxyl groups excluding tert-OH is 1. The minimum Gasteiger partial charge on any atom is -0.458 e. The van der Waals surface area contributed by atoms with Gasteiger partial charge in [-0.3, -0.25) is 0 Å². The Bertz CT molecular complexity index is 730. The van der Waals surface area contributed by atoms with Crippen LogP contribution in [0.5, 0.6) is 0 Å². The van der Waals surface area contributed by atoms with Crippen molar-refractivity contribution in [3.05, 3.63) is 71.2 Å². The van der Waals surface area contributed by atoms with E-state index in [9.17, 15) is 9.50 Å². The lowest BCUT2D eigenvalue weighted by Gasteiger charge is -2.08. The van der Waals surface area contributed by atoms with Gasteiger partial charge in [0.15, 0.2) is 0 Å². The van der Waals surface area contributed by atoms with Crippen LogP contribution >= 0.6 is 0 Å². The highest BCUT2D eigenvalue weighted by molar-refractivity contribution is 5.78. The molecular weight excluding hydrogens is 243 g/mol. The predicted molar refractivity (Wildman–Crippen MR) is 71.4 cm³/mol. The van der Waals surface area contributed by atoms with Crippen LogP contribution in [0.3, 0.4) is 0 Å². The van der Waals surface area contributed by atoms with E-state index in [-0.39, 0.29) is 5.82 Å². The smallest absolute Gasteiger partial charge is 0.138 e. The highest BCUT2D eigenvalue weighted by atomic mass is 19.1. The maximum atomic E-state index is 13.1. The molecule has 0 aliphatic carbocycles. The molecule has 0 aliphatic rings. The number of benzene rings is 2. The Balaban J connectivity index is 2.04. The van der Waals surface area contributed by atoms with Crippen molar-refractivity contribution < 1.29 is 13.9 Å². The standard InChI is InChI=1S/C16H13FO2/c1-10-3-2-4-11(7-10)16(18)15-9-12-8-13(17)5-6-14(12)19-15/h2-9,16,18H,1H3. The summed E-state index contributed by atoms with van der Waals surface area (Å²) in [4.78, 5) is 0. The molecule has 3 rings (SSSR count). The zero-order valence-electron chi connectivity index (χ0n) is 10.4. The lowest BCUT2D eigenvalue weighted by Crippen LogP contribution is -1.97. The molecule has 0 spiro atoms. The van der Waals surface area contributed by atoms with Crippen LogP contribution < -0.4 is 0 Å². The van der Waals surface area contributed by atoms with E-state index < -0.39 is 6.10 Å². The number of fused-ring (bicyclic) bond motifs is 1. The third-order valence-corrected chi connectivity index (χ3v) is 3.12. The molecule has 19 heavy (non-hydrogen) atoms. The lowest BCUT2D eigenvalue weighted by molar-refractivity contribution is 0.192. The Morgan fingerprint density at radius 3 is 2.74 bits per heavy atom. The molecule has 0 bridgehead atoms. The fourth-order valence-electron chi connectivity index (χ4n) is 2.17. The van der Waals surface area contributed by atoms with Crippen molar-refractivity contribution in [1.82, 2.24) is 0 Å². The molecule has 0 radical (unpaired) electrons. The van der Waals surface area contributed by atoms with Crippen molar-refractivity contribution in [3.8, 4) is 0 Å². The van der Waals surface area contributed by atoms with Crippen molar-refractivity contribution in [2.75, 3.05) is 0 Å². The van der Waals surface area contributed by atoms with Crippen LogP contribution in [0, 0.1) is 12.7 Å². The maximum absolute atomic E-state index is 13.1. The van der Waals surface area contributed by atoms with Gasteiger partial charge in [0, 0.05) is 5.39 Å². The van der Waals surface area contributed by atoms with Crippen molar-refractivity contribution in [1.29, 1.82) is 0 Å². The number of hydrogen-bond donors (Lipinski definition) is 1. The molecule has 0 aliphatic heterocycles. The third-order valence-electron chi connectivity index (χ3n) is 3.12. The average Bonchev–Trinajstić information content (AvgIpc) is 2.80. The third kappa shape index (κ3) is 2.25. The summed E-state index contributed by atoms with van der Waals surface area (Å²) in [6.45, 7) is 1.96. The molecule has 3 aromatic rings. The molecule has 2 nitrogen and oxygen atoms in total. The van der Waals surface area contributed by atoms with Gasteiger partial charge in [-0.05, 0) is 36.8 Å². The van der Waals surface area contributed by atoms with Crippen LogP contribution in [-0.2, 0) is 0 Å². The normalized spacial score (nSPS) is 12.8. The van der Waals surface area contributed by atoms with Gasteiger partial charge < -0.3 is 9.52 Å². The summed E-state index contributed by atoms with van der Waals surface area (Å²) in [6.07, 6.45) is -0.838. The summed E-state index contributed by atoms with van der Waals surface area (Å²) in [5.41, 5.74) is 2.40. The van der Waals surface area contributed by atoms with E-state index in [1.807, 2.05) is 31.2 Å². The van der Waals surface area contributed by atoms with Crippen molar-refractivity contribution in [3.63, 3.8) is 0 Å². The number of halogens is 1. The molecule has 1 aromatic heterocycles. The highest BCUT2D eigenvalue weighted by Crippen LogP contribution is 2.28. The first-order chi connectivity index (χ1) is 9.13. The summed E-state index contributed by atoms with van der Waals surface area (Å²) in [6, 6.07) is 13.6. The Labute approximate surface area is 110 Å².